The fourth-order valence-corrected chi connectivity index (χ4v) is 9.83. The molecule has 0 radical (unpaired) electrons. The molecule has 0 bridgehead atoms. The Balaban J connectivity index is 1.41. The van der Waals surface area contributed by atoms with Gasteiger partial charge in [-0.25, -0.2) is 4.98 Å². The van der Waals surface area contributed by atoms with Crippen molar-refractivity contribution < 1.29 is 4.42 Å². The van der Waals surface area contributed by atoms with Gasteiger partial charge in [-0.05, 0) is 149 Å². The molecule has 66 heavy (non-hydrogen) atoms. The Bertz CT molecular complexity index is 2990. The maximum absolute atomic E-state index is 6.86. The second-order valence-electron chi connectivity index (χ2n) is 25.6. The zero-order valence-corrected chi connectivity index (χ0v) is 43.2. The molecule has 340 valence electrons. The van der Waals surface area contributed by atoms with E-state index >= 15 is 0 Å². The highest BCUT2D eigenvalue weighted by Crippen LogP contribution is 2.48. The van der Waals surface area contributed by atoms with Crippen molar-refractivity contribution in [1.29, 1.82) is 0 Å². The first-order valence-corrected chi connectivity index (χ1v) is 24.2. The molecule has 6 aromatic carbocycles. The lowest BCUT2D eigenvalue weighted by Gasteiger charge is -2.45. The maximum Gasteiger partial charge on any atom is 0.252 e. The molecule has 0 amide bonds. The van der Waals surface area contributed by atoms with Crippen molar-refractivity contribution in [3.05, 3.63) is 143 Å². The molecule has 0 saturated carbocycles. The number of aromatic nitrogens is 1. The molecule has 0 fully saturated rings. The van der Waals surface area contributed by atoms with Crippen LogP contribution in [0.1, 0.15) is 158 Å². The van der Waals surface area contributed by atoms with E-state index in [1.54, 1.807) is 0 Å². The van der Waals surface area contributed by atoms with E-state index < -0.39 is 0 Å². The van der Waals surface area contributed by atoms with Crippen LogP contribution in [-0.2, 0) is 32.5 Å². The Kier molecular flexibility index (Phi) is 10.4. The van der Waals surface area contributed by atoms with E-state index in [4.69, 9.17) is 9.40 Å². The van der Waals surface area contributed by atoms with Gasteiger partial charge < -0.3 is 14.2 Å². The smallest absolute Gasteiger partial charge is 0.252 e. The van der Waals surface area contributed by atoms with Gasteiger partial charge in [-0.3, -0.25) is 0 Å². The number of oxazole rings is 1. The number of rotatable bonds is 3. The average Bonchev–Trinajstić information content (AvgIpc) is 3.63. The van der Waals surface area contributed by atoms with Crippen LogP contribution < -0.4 is 26.2 Å². The van der Waals surface area contributed by atoms with Gasteiger partial charge in [0.05, 0.1) is 0 Å². The summed E-state index contributed by atoms with van der Waals surface area (Å²) in [5, 5.41) is 0. The standard InChI is InChI=1S/C61H72BN3O/c1-56(2,3)38-21-19-37(20-22-38)55-63-48-36-50-47(35-53(48)66-55)62-46-32-40(58(7,8)9)25-28-49(46)64(44-26-23-39(24-27-44)57(4,5)6)51-33-43(61(16,17)18)34-52(54(51)62)65(50)45-30-41(59(10,11)12)29-42(31-45)60(13,14)15/h19-36H,1-18H3. The molecule has 5 heteroatoms. The van der Waals surface area contributed by atoms with Crippen molar-refractivity contribution in [2.45, 2.75) is 157 Å². The molecule has 0 unspecified atom stereocenters. The van der Waals surface area contributed by atoms with Crippen molar-refractivity contribution in [2.24, 2.45) is 0 Å². The van der Waals surface area contributed by atoms with Gasteiger partial charge in [0.2, 0.25) is 5.89 Å². The van der Waals surface area contributed by atoms with E-state index in [9.17, 15) is 0 Å². The molecule has 2 aliphatic rings. The minimum atomic E-state index is -0.136. The summed E-state index contributed by atoms with van der Waals surface area (Å²) in [6.45, 7) is 41.6. The van der Waals surface area contributed by atoms with Crippen molar-refractivity contribution in [3.63, 3.8) is 0 Å². The molecule has 0 aliphatic carbocycles. The lowest BCUT2D eigenvalue weighted by molar-refractivity contribution is 0.568. The Morgan fingerprint density at radius 3 is 1.32 bits per heavy atom. The highest BCUT2D eigenvalue weighted by atomic mass is 16.3. The predicted molar refractivity (Wildman–Crippen MR) is 286 cm³/mol. The minimum Gasteiger partial charge on any atom is -0.436 e. The second kappa shape index (κ2) is 15.0. The van der Waals surface area contributed by atoms with Gasteiger partial charge >= 0.3 is 0 Å². The number of fused-ring (bicyclic) bond motifs is 5. The number of nitrogens with zero attached hydrogens (tertiary/aromatic N) is 3. The van der Waals surface area contributed by atoms with Crippen LogP contribution in [-0.4, -0.2) is 11.7 Å². The Morgan fingerprint density at radius 2 is 0.818 bits per heavy atom. The quantitative estimate of drug-likeness (QED) is 0.166. The van der Waals surface area contributed by atoms with Gasteiger partial charge in [0.25, 0.3) is 6.71 Å². The van der Waals surface area contributed by atoms with E-state index in [1.165, 1.54) is 66.8 Å². The number of anilines is 6. The van der Waals surface area contributed by atoms with Gasteiger partial charge in [0.1, 0.15) is 5.52 Å². The summed E-state index contributed by atoms with van der Waals surface area (Å²) in [5.74, 6) is 0.640. The summed E-state index contributed by atoms with van der Waals surface area (Å²) in [4.78, 5) is 10.4. The van der Waals surface area contributed by atoms with Gasteiger partial charge in [-0.1, -0.05) is 167 Å². The average molecular weight is 874 g/mol. The molecule has 2 aliphatic heterocycles. The molecule has 3 heterocycles. The van der Waals surface area contributed by atoms with Gasteiger partial charge in [0.15, 0.2) is 5.58 Å². The van der Waals surface area contributed by atoms with Crippen molar-refractivity contribution >= 4 is 68.3 Å². The minimum absolute atomic E-state index is 0.0376. The van der Waals surface area contributed by atoms with Crippen molar-refractivity contribution in [3.8, 4) is 11.5 Å². The molecule has 0 N–H and O–H groups in total. The molecule has 7 aromatic rings. The Labute approximate surface area is 397 Å². The summed E-state index contributed by atoms with van der Waals surface area (Å²) in [5.41, 5.74) is 21.2. The van der Waals surface area contributed by atoms with Gasteiger partial charge in [0, 0.05) is 39.7 Å². The number of hydrogen-bond acceptors (Lipinski definition) is 4. The van der Waals surface area contributed by atoms with Crippen LogP contribution in [0.3, 0.4) is 0 Å². The van der Waals surface area contributed by atoms with Crippen LogP contribution in [0.5, 0.6) is 0 Å². The van der Waals surface area contributed by atoms with Crippen LogP contribution in [0.4, 0.5) is 34.1 Å². The fourth-order valence-electron chi connectivity index (χ4n) is 9.83. The Hall–Kier alpha value is -5.55. The normalized spacial score (nSPS) is 14.4. The topological polar surface area (TPSA) is 32.5 Å². The van der Waals surface area contributed by atoms with Gasteiger partial charge in [-0.15, -0.1) is 0 Å². The predicted octanol–water partition coefficient (Wildman–Crippen LogP) is 15.4. The molecule has 9 rings (SSSR count). The first-order chi connectivity index (χ1) is 30.5. The van der Waals surface area contributed by atoms with E-state index in [0.717, 1.165) is 33.7 Å². The first-order valence-electron chi connectivity index (χ1n) is 24.2. The molecule has 4 nitrogen and oxygen atoms in total. The number of benzene rings is 6. The third kappa shape index (κ3) is 7.98. The summed E-state index contributed by atoms with van der Waals surface area (Å²) >= 11 is 0. The maximum atomic E-state index is 6.86. The summed E-state index contributed by atoms with van der Waals surface area (Å²) in [6, 6.07) is 42.3. The monoisotopic (exact) mass is 874 g/mol. The zero-order valence-electron chi connectivity index (χ0n) is 43.2. The second-order valence-corrected chi connectivity index (χ2v) is 25.6. The Morgan fingerprint density at radius 1 is 0.379 bits per heavy atom. The van der Waals surface area contributed by atoms with Crippen molar-refractivity contribution in [1.82, 2.24) is 4.98 Å². The third-order valence-electron chi connectivity index (χ3n) is 14.2. The largest absolute Gasteiger partial charge is 0.436 e. The van der Waals surface area contributed by atoms with Crippen LogP contribution in [0.2, 0.25) is 0 Å². The van der Waals surface area contributed by atoms with Crippen molar-refractivity contribution in [2.75, 3.05) is 9.80 Å². The summed E-state index contributed by atoms with van der Waals surface area (Å²) < 4.78 is 6.86. The SMILES string of the molecule is CC(C)(C)c1ccc(-c2nc3cc4c(cc3o2)B2c3cc(C(C)(C)C)ccc3N(c3ccc(C(C)(C)C)cc3)c3cc(C(C)(C)C)cc(c32)N4c2cc(C(C)(C)C)cc(C(C)(C)C)c2)cc1. The molecular formula is C61H72BN3O. The fraction of sp³-hybridized carbons (Fsp3) is 0.393. The highest BCUT2D eigenvalue weighted by molar-refractivity contribution is 7.00. The molecular weight excluding hydrogens is 802 g/mol. The summed E-state index contributed by atoms with van der Waals surface area (Å²) in [6.07, 6.45) is 0. The van der Waals surface area contributed by atoms with E-state index in [2.05, 4.69) is 244 Å². The lowest BCUT2D eigenvalue weighted by Crippen LogP contribution is -2.61. The van der Waals surface area contributed by atoms with Crippen LogP contribution >= 0.6 is 0 Å². The molecule has 0 saturated heterocycles. The van der Waals surface area contributed by atoms with E-state index in [0.29, 0.717) is 5.89 Å². The number of hydrogen-bond donors (Lipinski definition) is 0. The molecule has 0 atom stereocenters. The highest BCUT2D eigenvalue weighted by Gasteiger charge is 2.45. The van der Waals surface area contributed by atoms with Crippen LogP contribution in [0.25, 0.3) is 22.6 Å². The van der Waals surface area contributed by atoms with E-state index in [-0.39, 0.29) is 39.2 Å². The molecule has 0 spiro atoms. The summed E-state index contributed by atoms with van der Waals surface area (Å²) in [7, 11) is 0. The molecule has 1 aromatic heterocycles. The van der Waals surface area contributed by atoms with Crippen LogP contribution in [0, 0.1) is 0 Å². The van der Waals surface area contributed by atoms with Crippen LogP contribution in [0.15, 0.2) is 114 Å². The van der Waals surface area contributed by atoms with Gasteiger partial charge in [-0.2, -0.15) is 0 Å². The first kappa shape index (κ1) is 45.6. The zero-order chi connectivity index (χ0) is 47.8. The van der Waals surface area contributed by atoms with E-state index in [1.807, 2.05) is 0 Å². The lowest BCUT2D eigenvalue weighted by atomic mass is 9.33. The third-order valence-corrected chi connectivity index (χ3v) is 14.2.